The lowest BCUT2D eigenvalue weighted by Gasteiger charge is -2.22. The fraction of sp³-hybridized carbons (Fsp3) is 0.571. The van der Waals surface area contributed by atoms with Crippen LogP contribution in [0.25, 0.3) is 0 Å². The first-order valence-corrected chi connectivity index (χ1v) is 8.37. The summed E-state index contributed by atoms with van der Waals surface area (Å²) in [4.78, 5) is 0.300. The van der Waals surface area contributed by atoms with Crippen molar-refractivity contribution in [2.45, 2.75) is 17.7 Å². The lowest BCUT2D eigenvalue weighted by molar-refractivity contribution is 0.353. The fourth-order valence-electron chi connectivity index (χ4n) is 2.46. The molecule has 1 saturated heterocycles. The Morgan fingerprint density at radius 1 is 1.15 bits per heavy atom. The lowest BCUT2D eigenvalue weighted by atomic mass is 10.0. The number of benzene rings is 1. The van der Waals surface area contributed by atoms with Crippen molar-refractivity contribution in [3.8, 4) is 11.5 Å². The van der Waals surface area contributed by atoms with Crippen LogP contribution in [0, 0.1) is 5.92 Å². The van der Waals surface area contributed by atoms with Gasteiger partial charge in [0.05, 0.1) is 24.9 Å². The third kappa shape index (κ3) is 3.43. The molecule has 1 aromatic carbocycles. The van der Waals surface area contributed by atoms with Crippen molar-refractivity contribution in [3.63, 3.8) is 0 Å². The molecule has 0 aromatic heterocycles. The van der Waals surface area contributed by atoms with Crippen LogP contribution in [-0.2, 0) is 9.84 Å². The van der Waals surface area contributed by atoms with Gasteiger partial charge < -0.3 is 14.8 Å². The highest BCUT2D eigenvalue weighted by atomic mass is 32.2. The van der Waals surface area contributed by atoms with Crippen LogP contribution in [0.2, 0.25) is 0 Å². The van der Waals surface area contributed by atoms with Gasteiger partial charge in [0.25, 0.3) is 0 Å². The Bertz CT molecular complexity index is 550. The number of methoxy groups -OCH3 is 2. The van der Waals surface area contributed by atoms with Crippen LogP contribution in [-0.4, -0.2) is 41.5 Å². The summed E-state index contributed by atoms with van der Waals surface area (Å²) < 4.78 is 35.2. The number of rotatable bonds is 5. The van der Waals surface area contributed by atoms with Gasteiger partial charge in [-0.05, 0) is 44.0 Å². The standard InChI is InChI=1S/C14H21NO4S/c1-18-13-4-3-12(9-14(13)19-2)20(16,17)10-11-5-7-15-8-6-11/h3-4,9,11,15H,5-8,10H2,1-2H3. The molecule has 1 aliphatic heterocycles. The van der Waals surface area contributed by atoms with E-state index in [1.807, 2.05) is 0 Å². The molecule has 1 heterocycles. The van der Waals surface area contributed by atoms with Gasteiger partial charge in [-0.2, -0.15) is 0 Å². The Balaban J connectivity index is 2.20. The number of nitrogens with one attached hydrogen (secondary N) is 1. The van der Waals surface area contributed by atoms with E-state index in [0.29, 0.717) is 16.4 Å². The van der Waals surface area contributed by atoms with Gasteiger partial charge >= 0.3 is 0 Å². The minimum absolute atomic E-state index is 0.199. The Kier molecular flexibility index (Phi) is 4.88. The average molecular weight is 299 g/mol. The molecule has 0 saturated carbocycles. The second-order valence-electron chi connectivity index (χ2n) is 4.99. The van der Waals surface area contributed by atoms with E-state index in [-0.39, 0.29) is 11.7 Å². The molecule has 1 aliphatic rings. The second kappa shape index (κ2) is 6.45. The van der Waals surface area contributed by atoms with Gasteiger partial charge in [-0.25, -0.2) is 8.42 Å². The molecule has 1 aromatic rings. The summed E-state index contributed by atoms with van der Waals surface area (Å²) in [6, 6.07) is 4.75. The number of piperidine rings is 1. The van der Waals surface area contributed by atoms with E-state index in [4.69, 9.17) is 9.47 Å². The highest BCUT2D eigenvalue weighted by Gasteiger charge is 2.23. The molecule has 0 aliphatic carbocycles. The highest BCUT2D eigenvalue weighted by molar-refractivity contribution is 7.91. The summed E-state index contributed by atoms with van der Waals surface area (Å²) in [5.41, 5.74) is 0. The molecule has 2 rings (SSSR count). The zero-order valence-electron chi connectivity index (χ0n) is 11.9. The van der Waals surface area contributed by atoms with Crippen LogP contribution >= 0.6 is 0 Å². The Morgan fingerprint density at radius 2 is 1.80 bits per heavy atom. The van der Waals surface area contributed by atoms with Crippen molar-refractivity contribution in [2.75, 3.05) is 33.1 Å². The maximum Gasteiger partial charge on any atom is 0.178 e. The maximum atomic E-state index is 12.5. The molecule has 5 nitrogen and oxygen atoms in total. The molecular formula is C14H21NO4S. The molecule has 20 heavy (non-hydrogen) atoms. The van der Waals surface area contributed by atoms with Crippen molar-refractivity contribution >= 4 is 9.84 Å². The van der Waals surface area contributed by atoms with E-state index in [1.165, 1.54) is 20.3 Å². The lowest BCUT2D eigenvalue weighted by Crippen LogP contribution is -2.31. The first kappa shape index (κ1) is 15.1. The van der Waals surface area contributed by atoms with Crippen LogP contribution in [0.15, 0.2) is 23.1 Å². The van der Waals surface area contributed by atoms with Crippen molar-refractivity contribution in [1.82, 2.24) is 5.32 Å². The molecule has 6 heteroatoms. The molecule has 1 fully saturated rings. The first-order valence-electron chi connectivity index (χ1n) is 6.72. The number of hydrogen-bond acceptors (Lipinski definition) is 5. The summed E-state index contributed by atoms with van der Waals surface area (Å²) in [5.74, 6) is 1.41. The molecule has 0 radical (unpaired) electrons. The molecule has 0 atom stereocenters. The van der Waals surface area contributed by atoms with E-state index in [0.717, 1.165) is 25.9 Å². The van der Waals surface area contributed by atoms with Gasteiger partial charge in [0, 0.05) is 6.07 Å². The van der Waals surface area contributed by atoms with E-state index >= 15 is 0 Å². The molecule has 0 bridgehead atoms. The van der Waals surface area contributed by atoms with Crippen LogP contribution in [0.5, 0.6) is 11.5 Å². The average Bonchev–Trinajstić information content (AvgIpc) is 2.47. The van der Waals surface area contributed by atoms with E-state index < -0.39 is 9.84 Å². The smallest absolute Gasteiger partial charge is 0.178 e. The molecular weight excluding hydrogens is 278 g/mol. The Morgan fingerprint density at radius 3 is 2.40 bits per heavy atom. The monoisotopic (exact) mass is 299 g/mol. The van der Waals surface area contributed by atoms with Gasteiger partial charge in [0.2, 0.25) is 0 Å². The Labute approximate surface area is 120 Å². The van der Waals surface area contributed by atoms with Gasteiger partial charge in [0.15, 0.2) is 21.3 Å². The number of sulfone groups is 1. The summed E-state index contributed by atoms with van der Waals surface area (Å²) in [6.45, 7) is 1.79. The molecule has 0 amide bonds. The normalized spacial score (nSPS) is 16.9. The third-order valence-electron chi connectivity index (χ3n) is 3.63. The third-order valence-corrected chi connectivity index (χ3v) is 5.51. The van der Waals surface area contributed by atoms with Gasteiger partial charge in [-0.3, -0.25) is 0 Å². The predicted molar refractivity (Wildman–Crippen MR) is 77.2 cm³/mol. The number of hydrogen-bond donors (Lipinski definition) is 1. The summed E-state index contributed by atoms with van der Waals surface area (Å²) in [5, 5.41) is 3.24. The fourth-order valence-corrected chi connectivity index (χ4v) is 4.17. The highest BCUT2D eigenvalue weighted by Crippen LogP contribution is 2.30. The van der Waals surface area contributed by atoms with Crippen LogP contribution in [0.3, 0.4) is 0 Å². The van der Waals surface area contributed by atoms with E-state index in [9.17, 15) is 8.42 Å². The topological polar surface area (TPSA) is 64.6 Å². The predicted octanol–water partition coefficient (Wildman–Crippen LogP) is 1.48. The molecule has 0 unspecified atom stereocenters. The maximum absolute atomic E-state index is 12.5. The van der Waals surface area contributed by atoms with Gasteiger partial charge in [0.1, 0.15) is 0 Å². The zero-order chi connectivity index (χ0) is 14.6. The first-order chi connectivity index (χ1) is 9.56. The van der Waals surface area contributed by atoms with Crippen molar-refractivity contribution in [2.24, 2.45) is 5.92 Å². The summed E-state index contributed by atoms with van der Waals surface area (Å²) in [7, 11) is -0.251. The molecule has 112 valence electrons. The SMILES string of the molecule is COc1ccc(S(=O)(=O)CC2CCNCC2)cc1OC. The largest absolute Gasteiger partial charge is 0.493 e. The van der Waals surface area contributed by atoms with Crippen LogP contribution < -0.4 is 14.8 Å². The Hall–Kier alpha value is -1.27. The van der Waals surface area contributed by atoms with Crippen molar-refractivity contribution < 1.29 is 17.9 Å². The number of ether oxygens (including phenoxy) is 2. The van der Waals surface area contributed by atoms with Crippen LogP contribution in [0.1, 0.15) is 12.8 Å². The summed E-state index contributed by atoms with van der Waals surface area (Å²) in [6.07, 6.45) is 1.82. The van der Waals surface area contributed by atoms with E-state index in [1.54, 1.807) is 12.1 Å². The second-order valence-corrected chi connectivity index (χ2v) is 7.03. The molecule has 0 spiro atoms. The van der Waals surface area contributed by atoms with Crippen molar-refractivity contribution in [1.29, 1.82) is 0 Å². The minimum atomic E-state index is -3.28. The molecule has 1 N–H and O–H groups in total. The van der Waals surface area contributed by atoms with Gasteiger partial charge in [-0.15, -0.1) is 0 Å². The van der Waals surface area contributed by atoms with Crippen molar-refractivity contribution in [3.05, 3.63) is 18.2 Å². The minimum Gasteiger partial charge on any atom is -0.493 e. The van der Waals surface area contributed by atoms with Crippen LogP contribution in [0.4, 0.5) is 0 Å². The summed E-state index contributed by atoms with van der Waals surface area (Å²) >= 11 is 0. The quantitative estimate of drug-likeness (QED) is 0.892. The van der Waals surface area contributed by atoms with Gasteiger partial charge in [-0.1, -0.05) is 0 Å². The van der Waals surface area contributed by atoms with E-state index in [2.05, 4.69) is 5.32 Å². The zero-order valence-corrected chi connectivity index (χ0v) is 12.7.